The SMILES string of the molecule is CCCC(C)(NC(C)CO)C(=O)O. The van der Waals surface area contributed by atoms with Gasteiger partial charge in [-0.2, -0.15) is 0 Å². The van der Waals surface area contributed by atoms with Crippen molar-refractivity contribution in [3.8, 4) is 0 Å². The quantitative estimate of drug-likeness (QED) is 0.572. The summed E-state index contributed by atoms with van der Waals surface area (Å²) in [6.07, 6.45) is 1.36. The molecule has 0 rings (SSSR count). The van der Waals surface area contributed by atoms with Crippen molar-refractivity contribution >= 4 is 5.97 Å². The lowest BCUT2D eigenvalue weighted by atomic mass is 9.95. The van der Waals surface area contributed by atoms with Crippen LogP contribution in [-0.2, 0) is 4.79 Å². The number of nitrogens with one attached hydrogen (secondary N) is 1. The van der Waals surface area contributed by atoms with Gasteiger partial charge in [0.25, 0.3) is 0 Å². The summed E-state index contributed by atoms with van der Waals surface area (Å²) in [5.41, 5.74) is -0.920. The molecule has 2 unspecified atom stereocenters. The van der Waals surface area contributed by atoms with E-state index in [1.54, 1.807) is 13.8 Å². The van der Waals surface area contributed by atoms with Crippen molar-refractivity contribution in [1.29, 1.82) is 0 Å². The maximum absolute atomic E-state index is 10.9. The fourth-order valence-corrected chi connectivity index (χ4v) is 1.33. The van der Waals surface area contributed by atoms with Gasteiger partial charge in [-0.1, -0.05) is 13.3 Å². The van der Waals surface area contributed by atoms with E-state index in [4.69, 9.17) is 10.2 Å². The Bertz CT molecular complexity index is 172. The average Bonchev–Trinajstić information content (AvgIpc) is 2.04. The highest BCUT2D eigenvalue weighted by molar-refractivity contribution is 5.78. The van der Waals surface area contributed by atoms with Crippen LogP contribution in [0, 0.1) is 0 Å². The van der Waals surface area contributed by atoms with E-state index in [9.17, 15) is 4.79 Å². The summed E-state index contributed by atoms with van der Waals surface area (Å²) >= 11 is 0. The lowest BCUT2D eigenvalue weighted by molar-refractivity contribution is -0.145. The molecule has 4 heteroatoms. The monoisotopic (exact) mass is 189 g/mol. The van der Waals surface area contributed by atoms with Gasteiger partial charge in [-0.3, -0.25) is 10.1 Å². The van der Waals surface area contributed by atoms with Gasteiger partial charge < -0.3 is 10.2 Å². The highest BCUT2D eigenvalue weighted by atomic mass is 16.4. The second kappa shape index (κ2) is 5.19. The molecular formula is C9H19NO3. The predicted molar refractivity (Wildman–Crippen MR) is 50.6 cm³/mol. The third-order valence-corrected chi connectivity index (χ3v) is 2.06. The van der Waals surface area contributed by atoms with Gasteiger partial charge in [-0.05, 0) is 20.3 Å². The fourth-order valence-electron chi connectivity index (χ4n) is 1.33. The summed E-state index contributed by atoms with van der Waals surface area (Å²) in [6, 6.07) is -0.187. The largest absolute Gasteiger partial charge is 0.480 e. The molecule has 0 saturated heterocycles. The Balaban J connectivity index is 4.32. The standard InChI is InChI=1S/C9H19NO3/c1-4-5-9(3,8(12)13)10-7(2)6-11/h7,10-11H,4-6H2,1-3H3,(H,12,13). The Hall–Kier alpha value is -0.610. The minimum atomic E-state index is -0.920. The molecule has 0 fully saturated rings. The normalized spacial score (nSPS) is 17.8. The first-order chi connectivity index (χ1) is 5.96. The number of carboxylic acid groups (broad SMARTS) is 1. The van der Waals surface area contributed by atoms with Crippen LogP contribution in [0.3, 0.4) is 0 Å². The Labute approximate surface area is 79.0 Å². The van der Waals surface area contributed by atoms with Crippen LogP contribution in [0.5, 0.6) is 0 Å². The maximum atomic E-state index is 10.9. The number of hydrogen-bond acceptors (Lipinski definition) is 3. The first-order valence-corrected chi connectivity index (χ1v) is 4.58. The van der Waals surface area contributed by atoms with Gasteiger partial charge in [0.2, 0.25) is 0 Å². The number of rotatable bonds is 6. The molecule has 0 aromatic rings. The van der Waals surface area contributed by atoms with Crippen molar-refractivity contribution in [2.24, 2.45) is 0 Å². The van der Waals surface area contributed by atoms with Crippen LogP contribution in [0.25, 0.3) is 0 Å². The van der Waals surface area contributed by atoms with Gasteiger partial charge in [0, 0.05) is 6.04 Å². The van der Waals surface area contributed by atoms with Crippen molar-refractivity contribution in [2.45, 2.75) is 45.2 Å². The third-order valence-electron chi connectivity index (χ3n) is 2.06. The Morgan fingerprint density at radius 3 is 2.46 bits per heavy atom. The molecule has 0 bridgehead atoms. The van der Waals surface area contributed by atoms with Crippen molar-refractivity contribution in [2.75, 3.05) is 6.61 Å². The molecule has 0 heterocycles. The second-order valence-electron chi connectivity index (χ2n) is 3.62. The average molecular weight is 189 g/mol. The van der Waals surface area contributed by atoms with Crippen LogP contribution >= 0.6 is 0 Å². The van der Waals surface area contributed by atoms with E-state index in [1.165, 1.54) is 0 Å². The maximum Gasteiger partial charge on any atom is 0.323 e. The van der Waals surface area contributed by atoms with Crippen molar-refractivity contribution < 1.29 is 15.0 Å². The molecule has 0 saturated carbocycles. The Kier molecular flexibility index (Phi) is 4.95. The Morgan fingerprint density at radius 2 is 2.15 bits per heavy atom. The summed E-state index contributed by atoms with van der Waals surface area (Å²) in [7, 11) is 0. The molecule has 0 aromatic carbocycles. The fraction of sp³-hybridized carbons (Fsp3) is 0.889. The van der Waals surface area contributed by atoms with Gasteiger partial charge in [-0.15, -0.1) is 0 Å². The van der Waals surface area contributed by atoms with Crippen LogP contribution in [0.2, 0.25) is 0 Å². The zero-order valence-electron chi connectivity index (χ0n) is 8.50. The number of hydrogen-bond donors (Lipinski definition) is 3. The summed E-state index contributed by atoms with van der Waals surface area (Å²) in [6.45, 7) is 5.29. The van der Waals surface area contributed by atoms with Crippen LogP contribution in [0.4, 0.5) is 0 Å². The van der Waals surface area contributed by atoms with E-state index >= 15 is 0 Å². The van der Waals surface area contributed by atoms with E-state index in [-0.39, 0.29) is 12.6 Å². The predicted octanol–water partition coefficient (Wildman–Crippen LogP) is 0.600. The molecule has 13 heavy (non-hydrogen) atoms. The lowest BCUT2D eigenvalue weighted by Crippen LogP contribution is -2.53. The van der Waals surface area contributed by atoms with Crippen LogP contribution in [-0.4, -0.2) is 34.4 Å². The lowest BCUT2D eigenvalue weighted by Gasteiger charge is -2.28. The summed E-state index contributed by atoms with van der Waals surface area (Å²) in [5.74, 6) is -0.866. The van der Waals surface area contributed by atoms with E-state index in [1.807, 2.05) is 6.92 Å². The van der Waals surface area contributed by atoms with Crippen molar-refractivity contribution in [3.63, 3.8) is 0 Å². The van der Waals surface area contributed by atoms with Crippen LogP contribution < -0.4 is 5.32 Å². The molecule has 0 aliphatic carbocycles. The molecule has 0 aliphatic rings. The topological polar surface area (TPSA) is 69.6 Å². The number of aliphatic carboxylic acids is 1. The highest BCUT2D eigenvalue weighted by Gasteiger charge is 2.32. The number of carboxylic acids is 1. The first kappa shape index (κ1) is 12.4. The highest BCUT2D eigenvalue weighted by Crippen LogP contribution is 2.13. The molecule has 0 aromatic heterocycles. The zero-order valence-corrected chi connectivity index (χ0v) is 8.50. The summed E-state index contributed by atoms with van der Waals surface area (Å²) in [4.78, 5) is 10.9. The minimum Gasteiger partial charge on any atom is -0.480 e. The van der Waals surface area contributed by atoms with Crippen molar-refractivity contribution in [3.05, 3.63) is 0 Å². The number of aliphatic hydroxyl groups is 1. The van der Waals surface area contributed by atoms with E-state index < -0.39 is 11.5 Å². The smallest absolute Gasteiger partial charge is 0.323 e. The Morgan fingerprint density at radius 1 is 1.62 bits per heavy atom. The molecule has 2 atom stereocenters. The molecule has 0 spiro atoms. The molecule has 0 radical (unpaired) electrons. The van der Waals surface area contributed by atoms with Crippen molar-refractivity contribution in [1.82, 2.24) is 5.32 Å². The molecular weight excluding hydrogens is 170 g/mol. The zero-order chi connectivity index (χ0) is 10.5. The van der Waals surface area contributed by atoms with Gasteiger partial charge in [-0.25, -0.2) is 0 Å². The molecule has 4 nitrogen and oxygen atoms in total. The van der Waals surface area contributed by atoms with Crippen LogP contribution in [0.1, 0.15) is 33.6 Å². The molecule has 78 valence electrons. The molecule has 0 amide bonds. The van der Waals surface area contributed by atoms with E-state index in [2.05, 4.69) is 5.32 Å². The number of aliphatic hydroxyl groups excluding tert-OH is 1. The van der Waals surface area contributed by atoms with Gasteiger partial charge >= 0.3 is 5.97 Å². The molecule has 0 aliphatic heterocycles. The second-order valence-corrected chi connectivity index (χ2v) is 3.62. The van der Waals surface area contributed by atoms with Gasteiger partial charge in [0.15, 0.2) is 0 Å². The minimum absolute atomic E-state index is 0.0490. The molecule has 3 N–H and O–H groups in total. The van der Waals surface area contributed by atoms with E-state index in [0.29, 0.717) is 6.42 Å². The first-order valence-electron chi connectivity index (χ1n) is 4.58. The van der Waals surface area contributed by atoms with Crippen LogP contribution in [0.15, 0.2) is 0 Å². The summed E-state index contributed by atoms with van der Waals surface area (Å²) in [5, 5.41) is 20.7. The number of carbonyl (C=O) groups is 1. The van der Waals surface area contributed by atoms with Gasteiger partial charge in [0.05, 0.1) is 6.61 Å². The van der Waals surface area contributed by atoms with Gasteiger partial charge in [0.1, 0.15) is 5.54 Å². The third kappa shape index (κ3) is 3.74. The van der Waals surface area contributed by atoms with E-state index in [0.717, 1.165) is 6.42 Å². The summed E-state index contributed by atoms with van der Waals surface area (Å²) < 4.78 is 0.